The van der Waals surface area contributed by atoms with E-state index in [2.05, 4.69) is 19.1 Å². The standard InChI is InChI=1S/C14H14O2/c1-2-11-4-3-5-12-7-6-10(8-13(11)12)9-14(15)16/h3-8H,2,9H2,1H3,(H,15,16). The van der Waals surface area contributed by atoms with Crippen LogP contribution in [0.3, 0.4) is 0 Å². The summed E-state index contributed by atoms with van der Waals surface area (Å²) in [4.78, 5) is 10.7. The minimum absolute atomic E-state index is 0.0913. The zero-order valence-corrected chi connectivity index (χ0v) is 9.23. The van der Waals surface area contributed by atoms with Crippen LogP contribution in [0.4, 0.5) is 0 Å². The van der Waals surface area contributed by atoms with Crippen LogP contribution in [-0.2, 0) is 17.6 Å². The Hall–Kier alpha value is -1.83. The van der Waals surface area contributed by atoms with Gasteiger partial charge in [-0.05, 0) is 28.3 Å². The van der Waals surface area contributed by atoms with Crippen molar-refractivity contribution in [3.05, 3.63) is 47.5 Å². The maximum absolute atomic E-state index is 10.7. The fourth-order valence-electron chi connectivity index (χ4n) is 1.98. The van der Waals surface area contributed by atoms with Crippen LogP contribution < -0.4 is 0 Å². The van der Waals surface area contributed by atoms with Gasteiger partial charge in [-0.1, -0.05) is 43.3 Å². The topological polar surface area (TPSA) is 37.3 Å². The molecule has 0 amide bonds. The molecule has 2 heteroatoms. The van der Waals surface area contributed by atoms with E-state index in [0.717, 1.165) is 12.0 Å². The molecule has 0 saturated heterocycles. The van der Waals surface area contributed by atoms with Gasteiger partial charge in [0.2, 0.25) is 0 Å². The number of fused-ring (bicyclic) bond motifs is 1. The SMILES string of the molecule is CCc1cccc2ccc(CC(=O)O)cc12. The fourth-order valence-corrected chi connectivity index (χ4v) is 1.98. The number of aryl methyl sites for hydroxylation is 1. The van der Waals surface area contributed by atoms with Crippen molar-refractivity contribution in [3.63, 3.8) is 0 Å². The predicted octanol–water partition coefficient (Wildman–Crippen LogP) is 3.03. The summed E-state index contributed by atoms with van der Waals surface area (Å²) in [5.74, 6) is -0.784. The van der Waals surface area contributed by atoms with Crippen LogP contribution in [-0.4, -0.2) is 11.1 Å². The van der Waals surface area contributed by atoms with Crippen molar-refractivity contribution in [1.29, 1.82) is 0 Å². The highest BCUT2D eigenvalue weighted by atomic mass is 16.4. The summed E-state index contributed by atoms with van der Waals surface area (Å²) in [5.41, 5.74) is 2.13. The van der Waals surface area contributed by atoms with E-state index in [1.165, 1.54) is 16.3 Å². The van der Waals surface area contributed by atoms with Gasteiger partial charge >= 0.3 is 5.97 Å². The van der Waals surface area contributed by atoms with Crippen molar-refractivity contribution in [2.45, 2.75) is 19.8 Å². The van der Waals surface area contributed by atoms with Gasteiger partial charge in [0.05, 0.1) is 6.42 Å². The zero-order chi connectivity index (χ0) is 11.5. The molecule has 0 radical (unpaired) electrons. The van der Waals surface area contributed by atoms with Crippen molar-refractivity contribution in [2.24, 2.45) is 0 Å². The molecule has 0 heterocycles. The van der Waals surface area contributed by atoms with E-state index >= 15 is 0 Å². The Labute approximate surface area is 94.5 Å². The third kappa shape index (κ3) is 2.06. The first-order chi connectivity index (χ1) is 7.70. The molecule has 0 aliphatic carbocycles. The highest BCUT2D eigenvalue weighted by molar-refractivity contribution is 5.87. The quantitative estimate of drug-likeness (QED) is 0.852. The third-order valence-corrected chi connectivity index (χ3v) is 2.77. The molecule has 0 atom stereocenters. The van der Waals surface area contributed by atoms with Crippen molar-refractivity contribution >= 4 is 16.7 Å². The van der Waals surface area contributed by atoms with Crippen LogP contribution >= 0.6 is 0 Å². The van der Waals surface area contributed by atoms with Gasteiger partial charge in [-0.3, -0.25) is 4.79 Å². The monoisotopic (exact) mass is 214 g/mol. The molecule has 82 valence electrons. The molecule has 2 nitrogen and oxygen atoms in total. The molecule has 2 aromatic carbocycles. The lowest BCUT2D eigenvalue weighted by molar-refractivity contribution is -0.136. The normalized spacial score (nSPS) is 10.6. The van der Waals surface area contributed by atoms with Crippen LogP contribution in [0.25, 0.3) is 10.8 Å². The second-order valence-corrected chi connectivity index (χ2v) is 3.90. The molecule has 0 bridgehead atoms. The van der Waals surface area contributed by atoms with Gasteiger partial charge in [-0.15, -0.1) is 0 Å². The van der Waals surface area contributed by atoms with Gasteiger partial charge in [0, 0.05) is 0 Å². The van der Waals surface area contributed by atoms with Crippen molar-refractivity contribution in [2.75, 3.05) is 0 Å². The predicted molar refractivity (Wildman–Crippen MR) is 64.7 cm³/mol. The second-order valence-electron chi connectivity index (χ2n) is 3.90. The molecular formula is C14H14O2. The Balaban J connectivity index is 2.54. The first-order valence-electron chi connectivity index (χ1n) is 5.43. The van der Waals surface area contributed by atoms with Crippen LogP contribution in [0.15, 0.2) is 36.4 Å². The first-order valence-corrected chi connectivity index (χ1v) is 5.43. The molecule has 16 heavy (non-hydrogen) atoms. The number of hydrogen-bond donors (Lipinski definition) is 1. The van der Waals surface area contributed by atoms with E-state index in [0.29, 0.717) is 0 Å². The fraction of sp³-hybridized carbons (Fsp3) is 0.214. The molecule has 0 unspecified atom stereocenters. The molecular weight excluding hydrogens is 200 g/mol. The average molecular weight is 214 g/mol. The Morgan fingerprint density at radius 3 is 2.75 bits per heavy atom. The molecule has 0 aromatic heterocycles. The lowest BCUT2D eigenvalue weighted by Crippen LogP contribution is -1.99. The summed E-state index contributed by atoms with van der Waals surface area (Å²) in [7, 11) is 0. The van der Waals surface area contributed by atoms with Gasteiger partial charge in [-0.2, -0.15) is 0 Å². The van der Waals surface area contributed by atoms with E-state index in [1.807, 2.05) is 24.3 Å². The molecule has 0 fully saturated rings. The van der Waals surface area contributed by atoms with E-state index in [1.54, 1.807) is 0 Å². The molecule has 1 N–H and O–H groups in total. The lowest BCUT2D eigenvalue weighted by atomic mass is 9.99. The van der Waals surface area contributed by atoms with Gasteiger partial charge in [0.15, 0.2) is 0 Å². The number of carboxylic acids is 1. The maximum atomic E-state index is 10.7. The highest BCUT2D eigenvalue weighted by Crippen LogP contribution is 2.21. The van der Waals surface area contributed by atoms with Gasteiger partial charge in [0.1, 0.15) is 0 Å². The second kappa shape index (κ2) is 4.35. The Kier molecular flexibility index (Phi) is 2.91. The first kappa shape index (κ1) is 10.7. The van der Waals surface area contributed by atoms with Crippen LogP contribution in [0.1, 0.15) is 18.1 Å². The number of carbonyl (C=O) groups is 1. The molecule has 2 aromatic rings. The van der Waals surface area contributed by atoms with E-state index < -0.39 is 5.97 Å². The number of rotatable bonds is 3. The van der Waals surface area contributed by atoms with Gasteiger partial charge in [0.25, 0.3) is 0 Å². The molecule has 0 aliphatic heterocycles. The Morgan fingerprint density at radius 2 is 2.06 bits per heavy atom. The molecule has 0 saturated carbocycles. The van der Waals surface area contributed by atoms with Gasteiger partial charge in [-0.25, -0.2) is 0 Å². The molecule has 2 rings (SSSR count). The smallest absolute Gasteiger partial charge is 0.307 e. The molecule has 0 spiro atoms. The summed E-state index contributed by atoms with van der Waals surface area (Å²) in [6, 6.07) is 12.1. The minimum Gasteiger partial charge on any atom is -0.481 e. The van der Waals surface area contributed by atoms with Crippen LogP contribution in [0.5, 0.6) is 0 Å². The number of hydrogen-bond acceptors (Lipinski definition) is 1. The van der Waals surface area contributed by atoms with Crippen molar-refractivity contribution in [1.82, 2.24) is 0 Å². The minimum atomic E-state index is -0.784. The van der Waals surface area contributed by atoms with Crippen LogP contribution in [0, 0.1) is 0 Å². The highest BCUT2D eigenvalue weighted by Gasteiger charge is 2.03. The summed E-state index contributed by atoms with van der Waals surface area (Å²) in [6.45, 7) is 2.11. The largest absolute Gasteiger partial charge is 0.481 e. The lowest BCUT2D eigenvalue weighted by Gasteiger charge is -2.06. The Morgan fingerprint density at radius 1 is 1.25 bits per heavy atom. The van der Waals surface area contributed by atoms with E-state index in [-0.39, 0.29) is 6.42 Å². The summed E-state index contributed by atoms with van der Waals surface area (Å²) in [6.07, 6.45) is 1.06. The summed E-state index contributed by atoms with van der Waals surface area (Å²) < 4.78 is 0. The maximum Gasteiger partial charge on any atom is 0.307 e. The van der Waals surface area contributed by atoms with Gasteiger partial charge < -0.3 is 5.11 Å². The summed E-state index contributed by atoms with van der Waals surface area (Å²) in [5, 5.41) is 11.1. The number of benzene rings is 2. The average Bonchev–Trinajstić information content (AvgIpc) is 2.27. The molecule has 0 aliphatic rings. The zero-order valence-electron chi connectivity index (χ0n) is 9.23. The van der Waals surface area contributed by atoms with E-state index in [9.17, 15) is 4.79 Å². The van der Waals surface area contributed by atoms with Crippen LogP contribution in [0.2, 0.25) is 0 Å². The number of aliphatic carboxylic acids is 1. The van der Waals surface area contributed by atoms with Crippen molar-refractivity contribution in [3.8, 4) is 0 Å². The van der Waals surface area contributed by atoms with E-state index in [4.69, 9.17) is 5.11 Å². The number of carboxylic acid groups (broad SMARTS) is 1. The van der Waals surface area contributed by atoms with Crippen molar-refractivity contribution < 1.29 is 9.90 Å². The summed E-state index contributed by atoms with van der Waals surface area (Å²) >= 11 is 0. The Bertz CT molecular complexity index is 529. The third-order valence-electron chi connectivity index (χ3n) is 2.77.